The Balaban J connectivity index is 2.30. The molecule has 2 aromatic rings. The van der Waals surface area contributed by atoms with Gasteiger partial charge < -0.3 is 18.9 Å². The lowest BCUT2D eigenvalue weighted by Crippen LogP contribution is -2.41. The van der Waals surface area contributed by atoms with E-state index in [9.17, 15) is 4.79 Å². The maximum Gasteiger partial charge on any atom is 0.303 e. The van der Waals surface area contributed by atoms with Gasteiger partial charge in [-0.25, -0.2) is 0 Å². The van der Waals surface area contributed by atoms with Gasteiger partial charge >= 0.3 is 5.97 Å². The third-order valence-corrected chi connectivity index (χ3v) is 18.0. The maximum absolute atomic E-state index is 10.9. The molecule has 0 amide bonds. The summed E-state index contributed by atoms with van der Waals surface area (Å²) in [5.74, 6) is -0.769. The van der Waals surface area contributed by atoms with Crippen LogP contribution in [0.15, 0.2) is 48.5 Å². The third kappa shape index (κ3) is 10.2. The molecule has 0 bridgehead atoms. The number of carbonyl (C=O) groups is 1. The summed E-state index contributed by atoms with van der Waals surface area (Å²) in [5, 5.41) is 9.26. The number of anilines is 1. The van der Waals surface area contributed by atoms with Crippen LogP contribution in [0.4, 0.5) is 5.69 Å². The Morgan fingerprint density at radius 1 is 0.878 bits per heavy atom. The Morgan fingerprint density at radius 3 is 1.98 bits per heavy atom. The lowest BCUT2D eigenvalue weighted by molar-refractivity contribution is -0.136. The zero-order valence-electron chi connectivity index (χ0n) is 27.8. The molecule has 5 nitrogen and oxygen atoms in total. The van der Waals surface area contributed by atoms with Gasteiger partial charge in [-0.05, 0) is 89.6 Å². The van der Waals surface area contributed by atoms with Crippen molar-refractivity contribution in [2.24, 2.45) is 0 Å². The van der Waals surface area contributed by atoms with Crippen molar-refractivity contribution in [2.75, 3.05) is 11.9 Å². The second kappa shape index (κ2) is 13.9. The third-order valence-electron chi connectivity index (χ3n) is 9.03. The van der Waals surface area contributed by atoms with Gasteiger partial charge in [0.2, 0.25) is 0 Å². The van der Waals surface area contributed by atoms with Crippen molar-refractivity contribution in [1.29, 1.82) is 0 Å². The van der Waals surface area contributed by atoms with Crippen molar-refractivity contribution in [2.45, 2.75) is 117 Å². The van der Waals surface area contributed by atoms with Crippen LogP contribution in [0.25, 0.3) is 5.57 Å². The van der Waals surface area contributed by atoms with Crippen LogP contribution in [0.1, 0.15) is 83.6 Å². The maximum atomic E-state index is 10.9. The molecule has 0 aliphatic heterocycles. The molecule has 0 unspecified atom stereocenters. The molecule has 2 rings (SSSR count). The number of benzene rings is 2. The number of nitrogens with zero attached hydrogens (tertiary/aromatic N) is 1. The topological polar surface area (TPSA) is 59.0 Å². The Hall–Kier alpha value is -2.20. The highest BCUT2D eigenvalue weighted by Gasteiger charge is 2.38. The summed E-state index contributed by atoms with van der Waals surface area (Å²) in [6, 6.07) is 15.2. The molecule has 0 aliphatic rings. The number of hydrogen-bond donors (Lipinski definition) is 1. The van der Waals surface area contributed by atoms with Gasteiger partial charge in [0.15, 0.2) is 16.6 Å². The lowest BCUT2D eigenvalue weighted by atomic mass is 10.0. The number of rotatable bonds is 13. The highest BCUT2D eigenvalue weighted by molar-refractivity contribution is 6.74. The van der Waals surface area contributed by atoms with Crippen molar-refractivity contribution in [3.8, 4) is 0 Å². The van der Waals surface area contributed by atoms with Crippen molar-refractivity contribution < 1.29 is 18.8 Å². The van der Waals surface area contributed by atoms with Gasteiger partial charge in [0.05, 0.1) is 13.2 Å². The summed E-state index contributed by atoms with van der Waals surface area (Å²) < 4.78 is 13.3. The molecule has 0 aliphatic carbocycles. The zero-order valence-corrected chi connectivity index (χ0v) is 29.8. The summed E-state index contributed by atoms with van der Waals surface area (Å²) in [6.45, 7) is 26.9. The van der Waals surface area contributed by atoms with Crippen LogP contribution in [-0.2, 0) is 33.4 Å². The normalized spacial score (nSPS) is 13.4. The second-order valence-corrected chi connectivity index (χ2v) is 24.0. The molecule has 7 heteroatoms. The first-order valence-electron chi connectivity index (χ1n) is 14.8. The van der Waals surface area contributed by atoms with Gasteiger partial charge in [-0.15, -0.1) is 0 Å². The Bertz CT molecular complexity index is 1210. The summed E-state index contributed by atoms with van der Waals surface area (Å²) in [4.78, 5) is 13.1. The number of carboxylic acid groups (broad SMARTS) is 1. The molecule has 0 saturated carbocycles. The Morgan fingerprint density at radius 2 is 1.44 bits per heavy atom. The van der Waals surface area contributed by atoms with Crippen LogP contribution in [0.2, 0.25) is 36.3 Å². The first-order valence-corrected chi connectivity index (χ1v) is 20.6. The van der Waals surface area contributed by atoms with Crippen molar-refractivity contribution in [3.63, 3.8) is 0 Å². The van der Waals surface area contributed by atoms with E-state index in [0.29, 0.717) is 19.6 Å². The van der Waals surface area contributed by atoms with Gasteiger partial charge in [-0.1, -0.05) is 78.0 Å². The van der Waals surface area contributed by atoms with Gasteiger partial charge in [0, 0.05) is 25.7 Å². The Kier molecular flexibility index (Phi) is 11.8. The predicted octanol–water partition coefficient (Wildman–Crippen LogP) is 9.63. The summed E-state index contributed by atoms with van der Waals surface area (Å²) >= 11 is 0. The fraction of sp³-hybridized carbons (Fsp3) is 0.559. The first-order chi connectivity index (χ1) is 18.7. The van der Waals surface area contributed by atoms with E-state index >= 15 is 0 Å². The number of aliphatic carboxylic acids is 1. The molecule has 2 aromatic carbocycles. The lowest BCUT2D eigenvalue weighted by Gasteiger charge is -2.37. The van der Waals surface area contributed by atoms with E-state index in [4.69, 9.17) is 14.0 Å². The van der Waals surface area contributed by atoms with E-state index < -0.39 is 22.6 Å². The van der Waals surface area contributed by atoms with E-state index in [0.717, 1.165) is 23.4 Å². The van der Waals surface area contributed by atoms with Crippen LogP contribution in [0, 0.1) is 0 Å². The van der Waals surface area contributed by atoms with Crippen molar-refractivity contribution in [1.82, 2.24) is 0 Å². The van der Waals surface area contributed by atoms with Gasteiger partial charge in [-0.2, -0.15) is 0 Å². The van der Waals surface area contributed by atoms with E-state index in [1.54, 1.807) is 0 Å². The average molecular weight is 598 g/mol. The fourth-order valence-corrected chi connectivity index (χ4v) is 5.78. The number of carboxylic acids is 1. The first kappa shape index (κ1) is 35.0. The zero-order chi connectivity index (χ0) is 31.2. The fourth-order valence-electron chi connectivity index (χ4n) is 3.89. The highest BCUT2D eigenvalue weighted by Crippen LogP contribution is 2.39. The number of allylic oxidation sites excluding steroid dienone is 2. The van der Waals surface area contributed by atoms with E-state index in [2.05, 4.69) is 122 Å². The molecule has 0 heterocycles. The molecule has 0 aromatic heterocycles. The molecular formula is C34H55NO4Si2. The monoisotopic (exact) mass is 597 g/mol. The minimum Gasteiger partial charge on any atom is -0.481 e. The largest absolute Gasteiger partial charge is 0.481 e. The molecule has 0 atom stereocenters. The minimum absolute atomic E-state index is 0.147. The van der Waals surface area contributed by atoms with Crippen LogP contribution in [0.3, 0.4) is 0 Å². The van der Waals surface area contributed by atoms with E-state index in [1.165, 1.54) is 16.7 Å². The minimum atomic E-state index is -1.92. The molecule has 0 fully saturated rings. The van der Waals surface area contributed by atoms with Crippen molar-refractivity contribution in [3.05, 3.63) is 70.8 Å². The highest BCUT2D eigenvalue weighted by atomic mass is 28.4. The molecular weight excluding hydrogens is 543 g/mol. The summed E-state index contributed by atoms with van der Waals surface area (Å²) in [7, 11) is -1.69. The summed E-state index contributed by atoms with van der Waals surface area (Å²) in [6.07, 6.45) is 2.69. The van der Waals surface area contributed by atoms with Gasteiger partial charge in [0.25, 0.3) is 0 Å². The predicted molar refractivity (Wildman–Crippen MR) is 179 cm³/mol. The van der Waals surface area contributed by atoms with E-state index in [1.807, 2.05) is 13.0 Å². The molecule has 0 radical (unpaired) electrons. The van der Waals surface area contributed by atoms with Gasteiger partial charge in [-0.3, -0.25) is 4.79 Å². The van der Waals surface area contributed by atoms with Crippen LogP contribution >= 0.6 is 0 Å². The second-order valence-electron chi connectivity index (χ2n) is 14.4. The Labute approximate surface area is 252 Å². The van der Waals surface area contributed by atoms with Crippen LogP contribution < -0.4 is 4.90 Å². The van der Waals surface area contributed by atoms with Gasteiger partial charge in [0.1, 0.15) is 0 Å². The van der Waals surface area contributed by atoms with E-state index in [-0.39, 0.29) is 16.5 Å². The smallest absolute Gasteiger partial charge is 0.303 e. The molecule has 41 heavy (non-hydrogen) atoms. The summed E-state index contributed by atoms with van der Waals surface area (Å²) in [5.41, 5.74) is 6.99. The molecule has 0 spiro atoms. The quantitative estimate of drug-likeness (QED) is 0.233. The SMILES string of the molecule is C/C(=C\CCC(=O)O)c1cccc(N(C)Cc2ccc(CO[Si](C)(C)C(C)(C)C)c(CO[Si](C)(C)C(C)(C)C)c2)c1. The van der Waals surface area contributed by atoms with Crippen LogP contribution in [-0.4, -0.2) is 34.8 Å². The number of hydrogen-bond acceptors (Lipinski definition) is 4. The molecule has 1 N–H and O–H groups in total. The van der Waals surface area contributed by atoms with Crippen molar-refractivity contribution >= 4 is 33.9 Å². The average Bonchev–Trinajstić information content (AvgIpc) is 2.85. The molecule has 0 saturated heterocycles. The molecule has 228 valence electrons. The van der Waals surface area contributed by atoms with Crippen LogP contribution in [0.5, 0.6) is 0 Å². The standard InChI is InChI=1S/C34H55NO4Si2/c1-26(15-13-18-32(36)37)28-16-14-17-31(22-28)35(8)23-27-19-20-29(24-38-40(9,10)33(2,3)4)30(21-27)25-39-41(11,12)34(5,6)7/h14-17,19-22H,13,18,23-25H2,1-12H3,(H,36,37)/b26-15+.